The quantitative estimate of drug-likeness (QED) is 0.871. The van der Waals surface area contributed by atoms with Crippen LogP contribution in [-0.4, -0.2) is 28.9 Å². The van der Waals surface area contributed by atoms with Crippen LogP contribution in [0.4, 0.5) is 0 Å². The molecule has 1 saturated heterocycles. The summed E-state index contributed by atoms with van der Waals surface area (Å²) < 4.78 is 5.63. The van der Waals surface area contributed by atoms with Crippen molar-refractivity contribution in [1.29, 1.82) is 0 Å². The first-order valence-electron chi connectivity index (χ1n) is 7.13. The minimum Gasteiger partial charge on any atom is -0.482 e. The van der Waals surface area contributed by atoms with Gasteiger partial charge in [0.2, 0.25) is 0 Å². The molecular formula is C16H18N2O2S. The molecule has 1 fully saturated rings. The Kier molecular flexibility index (Phi) is 4.20. The smallest absolute Gasteiger partial charge is 0.261 e. The maximum atomic E-state index is 12.4. The van der Waals surface area contributed by atoms with Gasteiger partial charge >= 0.3 is 0 Å². The molecule has 5 heteroatoms. The fraction of sp³-hybridized carbons (Fsp3) is 0.375. The summed E-state index contributed by atoms with van der Waals surface area (Å²) in [4.78, 5) is 19.8. The molecule has 0 spiro atoms. The number of carbonyl (C=O) groups is 1. The highest BCUT2D eigenvalue weighted by molar-refractivity contribution is 7.10. The van der Waals surface area contributed by atoms with Crippen LogP contribution in [0.2, 0.25) is 0 Å². The Bertz CT molecular complexity index is 612. The number of carbonyl (C=O) groups excluding carboxylic acids is 1. The summed E-state index contributed by atoms with van der Waals surface area (Å²) in [5.41, 5.74) is 0.807. The van der Waals surface area contributed by atoms with Crippen molar-refractivity contribution in [3.8, 4) is 5.75 Å². The molecule has 2 aromatic heterocycles. The molecule has 1 aliphatic rings. The van der Waals surface area contributed by atoms with Gasteiger partial charge in [0, 0.05) is 17.6 Å². The van der Waals surface area contributed by atoms with E-state index in [1.54, 1.807) is 17.5 Å². The van der Waals surface area contributed by atoms with Crippen molar-refractivity contribution in [2.24, 2.45) is 0 Å². The molecule has 0 aliphatic carbocycles. The lowest BCUT2D eigenvalue weighted by Crippen LogP contribution is -2.34. The standard InChI is InChI=1S/C16H18N2O2S/c1-12-14(6-2-8-17-12)20-11-16(19)18-9-3-5-13(18)15-7-4-10-21-15/h2,4,6-8,10,13H,3,5,9,11H2,1H3/t13-/m0/s1. The Morgan fingerprint density at radius 2 is 2.38 bits per heavy atom. The van der Waals surface area contributed by atoms with Crippen molar-refractivity contribution < 1.29 is 9.53 Å². The number of hydrogen-bond acceptors (Lipinski definition) is 4. The lowest BCUT2D eigenvalue weighted by molar-refractivity contribution is -0.134. The van der Waals surface area contributed by atoms with E-state index in [0.717, 1.165) is 25.1 Å². The molecule has 1 atom stereocenters. The number of aryl methyl sites for hydroxylation is 1. The summed E-state index contributed by atoms with van der Waals surface area (Å²) in [5.74, 6) is 0.729. The van der Waals surface area contributed by atoms with Crippen LogP contribution < -0.4 is 4.74 Å². The number of aromatic nitrogens is 1. The second kappa shape index (κ2) is 6.26. The van der Waals surface area contributed by atoms with Gasteiger partial charge in [0.25, 0.3) is 5.91 Å². The SMILES string of the molecule is Cc1ncccc1OCC(=O)N1CCC[C@H]1c1cccs1. The van der Waals surface area contributed by atoms with Gasteiger partial charge in [0.1, 0.15) is 5.75 Å². The van der Waals surface area contributed by atoms with Crippen molar-refractivity contribution in [3.63, 3.8) is 0 Å². The summed E-state index contributed by atoms with van der Waals surface area (Å²) in [7, 11) is 0. The number of pyridine rings is 1. The zero-order valence-electron chi connectivity index (χ0n) is 12.0. The average Bonchev–Trinajstić information content (AvgIpc) is 3.16. The zero-order chi connectivity index (χ0) is 14.7. The van der Waals surface area contributed by atoms with Crippen LogP contribution in [0, 0.1) is 6.92 Å². The van der Waals surface area contributed by atoms with Gasteiger partial charge in [-0.15, -0.1) is 11.3 Å². The van der Waals surface area contributed by atoms with E-state index in [0.29, 0.717) is 5.75 Å². The first-order valence-corrected chi connectivity index (χ1v) is 8.01. The lowest BCUT2D eigenvalue weighted by Gasteiger charge is -2.24. The van der Waals surface area contributed by atoms with Gasteiger partial charge in [-0.3, -0.25) is 9.78 Å². The molecule has 3 rings (SSSR count). The van der Waals surface area contributed by atoms with Gasteiger partial charge in [-0.25, -0.2) is 0 Å². The van der Waals surface area contributed by atoms with Crippen molar-refractivity contribution in [2.75, 3.05) is 13.2 Å². The Hall–Kier alpha value is -1.88. The van der Waals surface area contributed by atoms with E-state index in [1.807, 2.05) is 30.0 Å². The number of rotatable bonds is 4. The maximum Gasteiger partial charge on any atom is 0.261 e. The lowest BCUT2D eigenvalue weighted by atomic mass is 10.2. The van der Waals surface area contributed by atoms with Crippen LogP contribution in [0.1, 0.15) is 29.5 Å². The van der Waals surface area contributed by atoms with Gasteiger partial charge in [0.15, 0.2) is 6.61 Å². The number of hydrogen-bond donors (Lipinski definition) is 0. The van der Waals surface area contributed by atoms with Crippen LogP contribution in [0.15, 0.2) is 35.8 Å². The van der Waals surface area contributed by atoms with Crippen molar-refractivity contribution in [1.82, 2.24) is 9.88 Å². The fourth-order valence-electron chi connectivity index (χ4n) is 2.69. The zero-order valence-corrected chi connectivity index (χ0v) is 12.8. The molecule has 1 aliphatic heterocycles. The minimum absolute atomic E-state index is 0.0501. The summed E-state index contributed by atoms with van der Waals surface area (Å²) in [5, 5.41) is 2.06. The van der Waals surface area contributed by atoms with Gasteiger partial charge in [0.05, 0.1) is 11.7 Å². The molecule has 0 unspecified atom stereocenters. The highest BCUT2D eigenvalue weighted by atomic mass is 32.1. The molecule has 0 aromatic carbocycles. The molecule has 21 heavy (non-hydrogen) atoms. The van der Waals surface area contributed by atoms with Crippen molar-refractivity contribution in [2.45, 2.75) is 25.8 Å². The van der Waals surface area contributed by atoms with Crippen LogP contribution >= 0.6 is 11.3 Å². The highest BCUT2D eigenvalue weighted by Crippen LogP contribution is 2.34. The largest absolute Gasteiger partial charge is 0.482 e. The van der Waals surface area contributed by atoms with Crippen LogP contribution in [0.5, 0.6) is 5.75 Å². The minimum atomic E-state index is 0.0501. The maximum absolute atomic E-state index is 12.4. The number of thiophene rings is 1. The van der Waals surface area contributed by atoms with Gasteiger partial charge in [-0.2, -0.15) is 0 Å². The highest BCUT2D eigenvalue weighted by Gasteiger charge is 2.30. The van der Waals surface area contributed by atoms with Crippen molar-refractivity contribution in [3.05, 3.63) is 46.4 Å². The Morgan fingerprint density at radius 3 is 3.14 bits per heavy atom. The Morgan fingerprint density at radius 1 is 1.48 bits per heavy atom. The number of likely N-dealkylation sites (tertiary alicyclic amines) is 1. The predicted molar refractivity (Wildman–Crippen MR) is 82.5 cm³/mol. The van der Waals surface area contributed by atoms with E-state index in [1.165, 1.54) is 4.88 Å². The van der Waals surface area contributed by atoms with E-state index >= 15 is 0 Å². The molecule has 110 valence electrons. The molecule has 0 radical (unpaired) electrons. The van der Waals surface area contributed by atoms with Crippen LogP contribution in [0.3, 0.4) is 0 Å². The van der Waals surface area contributed by atoms with E-state index < -0.39 is 0 Å². The second-order valence-corrected chi connectivity index (χ2v) is 6.12. The third-order valence-corrected chi connectivity index (χ3v) is 4.73. The first kappa shape index (κ1) is 14.1. The van der Waals surface area contributed by atoms with Gasteiger partial charge < -0.3 is 9.64 Å². The molecule has 0 bridgehead atoms. The second-order valence-electron chi connectivity index (χ2n) is 5.14. The van der Waals surface area contributed by atoms with Crippen LogP contribution in [0.25, 0.3) is 0 Å². The third kappa shape index (κ3) is 3.08. The van der Waals surface area contributed by atoms with Gasteiger partial charge in [-0.1, -0.05) is 6.07 Å². The molecule has 0 N–H and O–H groups in total. The first-order chi connectivity index (χ1) is 10.3. The number of nitrogens with zero attached hydrogens (tertiary/aromatic N) is 2. The molecule has 2 aromatic rings. The van der Waals surface area contributed by atoms with Crippen LogP contribution in [-0.2, 0) is 4.79 Å². The molecule has 1 amide bonds. The summed E-state index contributed by atoms with van der Waals surface area (Å²) in [6.45, 7) is 2.77. The molecular weight excluding hydrogens is 284 g/mol. The van der Waals surface area contributed by atoms with E-state index in [4.69, 9.17) is 4.74 Å². The van der Waals surface area contributed by atoms with Gasteiger partial charge in [-0.05, 0) is 43.3 Å². The average molecular weight is 302 g/mol. The summed E-state index contributed by atoms with van der Waals surface area (Å²) in [6, 6.07) is 8.02. The Labute approximate surface area is 128 Å². The predicted octanol–water partition coefficient (Wildman–Crippen LogP) is 3.19. The monoisotopic (exact) mass is 302 g/mol. The van der Waals surface area contributed by atoms with E-state index in [9.17, 15) is 4.79 Å². The fourth-order valence-corrected chi connectivity index (χ4v) is 3.56. The Balaban J connectivity index is 1.64. The third-order valence-electron chi connectivity index (χ3n) is 3.75. The van der Waals surface area contributed by atoms with E-state index in [-0.39, 0.29) is 18.6 Å². The topological polar surface area (TPSA) is 42.4 Å². The van der Waals surface area contributed by atoms with E-state index in [2.05, 4.69) is 16.4 Å². The summed E-state index contributed by atoms with van der Waals surface area (Å²) in [6.07, 6.45) is 3.82. The number of ether oxygens (including phenoxy) is 1. The normalized spacial score (nSPS) is 18.0. The molecule has 3 heterocycles. The molecule has 0 saturated carbocycles. The summed E-state index contributed by atoms with van der Waals surface area (Å²) >= 11 is 1.71. The number of amides is 1. The van der Waals surface area contributed by atoms with Crippen molar-refractivity contribution >= 4 is 17.2 Å². The molecule has 4 nitrogen and oxygen atoms in total.